The molecule has 0 saturated carbocycles. The van der Waals surface area contributed by atoms with Crippen molar-refractivity contribution in [1.82, 2.24) is 15.0 Å². The first-order chi connectivity index (χ1) is 13.7. The molecule has 1 aliphatic heterocycles. The zero-order valence-electron chi connectivity index (χ0n) is 16.1. The lowest BCUT2D eigenvalue weighted by Gasteiger charge is -2.16. The number of hydrogen-bond acceptors (Lipinski definition) is 6. The summed E-state index contributed by atoms with van der Waals surface area (Å²) in [6.45, 7) is 2.97. The van der Waals surface area contributed by atoms with Crippen molar-refractivity contribution in [2.75, 3.05) is 17.2 Å². The minimum Gasteiger partial charge on any atom is -0.359 e. The molecule has 2 atom stereocenters. The number of anilines is 2. The Bertz CT molecular complexity index is 951. The third-order valence-corrected chi connectivity index (χ3v) is 5.93. The molecule has 0 bridgehead atoms. The Morgan fingerprint density at radius 3 is 2.20 bits per heavy atom. The van der Waals surface area contributed by atoms with Crippen molar-refractivity contribution in [3.05, 3.63) is 24.3 Å². The lowest BCUT2D eigenvalue weighted by molar-refractivity contribution is -0.173. The summed E-state index contributed by atoms with van der Waals surface area (Å²) in [5, 5.41) is 2.43. The van der Waals surface area contributed by atoms with Gasteiger partial charge in [-0.05, 0) is 37.6 Å². The van der Waals surface area contributed by atoms with Gasteiger partial charge in [0.25, 0.3) is 5.91 Å². The predicted octanol–water partition coefficient (Wildman–Crippen LogP) is 0.722. The van der Waals surface area contributed by atoms with Gasteiger partial charge in [-0.2, -0.15) is 21.6 Å². The van der Waals surface area contributed by atoms with E-state index >= 15 is 0 Å². The van der Waals surface area contributed by atoms with E-state index in [1.54, 1.807) is 6.92 Å². The van der Waals surface area contributed by atoms with Gasteiger partial charge in [-0.3, -0.25) is 30.0 Å². The van der Waals surface area contributed by atoms with Gasteiger partial charge in [-0.25, -0.2) is 4.31 Å². The minimum absolute atomic E-state index is 0.00578. The van der Waals surface area contributed by atoms with E-state index in [-0.39, 0.29) is 23.7 Å². The van der Waals surface area contributed by atoms with Crippen LogP contribution in [-0.4, -0.2) is 49.2 Å². The summed E-state index contributed by atoms with van der Waals surface area (Å²) in [7, 11) is -2.84. The normalized spacial score (nSPS) is 19.7. The van der Waals surface area contributed by atoms with Crippen LogP contribution in [0.5, 0.6) is 0 Å². The Balaban J connectivity index is 2.01. The summed E-state index contributed by atoms with van der Waals surface area (Å²) in [5.41, 5.74) is 2.21. The molecule has 0 aliphatic carbocycles. The fraction of sp³-hybridized carbons (Fsp3) is 0.438. The molecular formula is C16H20F3N5O5S. The Kier molecular flexibility index (Phi) is 6.21. The second-order valence-electron chi connectivity index (χ2n) is 6.82. The maximum absolute atomic E-state index is 12.5. The van der Waals surface area contributed by atoms with Gasteiger partial charge in [0.1, 0.15) is 5.54 Å². The van der Waals surface area contributed by atoms with Crippen molar-refractivity contribution in [3.63, 3.8) is 0 Å². The molecule has 1 aliphatic rings. The number of hydrogen-bond donors (Lipinski definition) is 4. The number of hydrazine groups is 1. The molecule has 1 aromatic carbocycles. The molecule has 2 unspecified atom stereocenters. The molecule has 0 radical (unpaired) electrons. The van der Waals surface area contributed by atoms with Crippen molar-refractivity contribution in [1.29, 1.82) is 0 Å². The quantitative estimate of drug-likeness (QED) is 0.340. The zero-order valence-corrected chi connectivity index (χ0v) is 16.9. The van der Waals surface area contributed by atoms with Crippen LogP contribution in [0.15, 0.2) is 24.3 Å². The van der Waals surface area contributed by atoms with Crippen molar-refractivity contribution in [2.45, 2.75) is 32.0 Å². The van der Waals surface area contributed by atoms with Crippen LogP contribution in [0.4, 0.5) is 24.5 Å². The Labute approximate surface area is 170 Å². The molecule has 0 aromatic heterocycles. The summed E-state index contributed by atoms with van der Waals surface area (Å²) in [6.07, 6.45) is -5.07. The van der Waals surface area contributed by atoms with E-state index in [1.807, 2.05) is 5.43 Å². The smallest absolute Gasteiger partial charge is 0.359 e. The van der Waals surface area contributed by atoms with Crippen LogP contribution < -0.4 is 20.9 Å². The maximum atomic E-state index is 12.5. The molecule has 166 valence electrons. The highest BCUT2D eigenvalue weighted by atomic mass is 32.2. The highest BCUT2D eigenvalue weighted by molar-refractivity contribution is 7.91. The number of amides is 3. The molecule has 1 fully saturated rings. The second-order valence-corrected chi connectivity index (χ2v) is 8.34. The highest BCUT2D eigenvalue weighted by Gasteiger charge is 2.65. The van der Waals surface area contributed by atoms with Gasteiger partial charge >= 0.3 is 22.3 Å². The largest absolute Gasteiger partial charge is 0.472 e. The average Bonchev–Trinajstić information content (AvgIpc) is 3.19. The first-order valence-corrected chi connectivity index (χ1v) is 9.99. The second kappa shape index (κ2) is 8.01. The first kappa shape index (κ1) is 23.3. The summed E-state index contributed by atoms with van der Waals surface area (Å²) in [4.78, 5) is 34.5. The molecule has 10 nitrogen and oxygen atoms in total. The number of alkyl halides is 3. The van der Waals surface area contributed by atoms with Crippen LogP contribution in [0.2, 0.25) is 0 Å². The molecule has 2 rings (SSSR count). The number of halogens is 3. The van der Waals surface area contributed by atoms with Gasteiger partial charge in [0.15, 0.2) is 0 Å². The fourth-order valence-corrected chi connectivity index (χ4v) is 4.39. The van der Waals surface area contributed by atoms with E-state index in [1.165, 1.54) is 43.7 Å². The molecule has 14 heteroatoms. The van der Waals surface area contributed by atoms with E-state index in [0.717, 1.165) is 0 Å². The predicted molar refractivity (Wildman–Crippen MR) is 99.9 cm³/mol. The van der Waals surface area contributed by atoms with Crippen LogP contribution in [0, 0.1) is 5.92 Å². The lowest BCUT2D eigenvalue weighted by atomic mass is 9.96. The Morgan fingerprint density at radius 2 is 1.70 bits per heavy atom. The number of carbonyl (C=O) groups is 3. The summed E-state index contributed by atoms with van der Waals surface area (Å²) < 4.78 is 64.3. The molecule has 3 amide bonds. The van der Waals surface area contributed by atoms with E-state index in [4.69, 9.17) is 0 Å². The fourth-order valence-electron chi connectivity index (χ4n) is 2.81. The first-order valence-electron chi connectivity index (χ1n) is 8.55. The molecule has 1 aromatic rings. The molecule has 1 saturated heterocycles. The van der Waals surface area contributed by atoms with Gasteiger partial charge in [0, 0.05) is 13.0 Å². The van der Waals surface area contributed by atoms with Crippen LogP contribution >= 0.6 is 0 Å². The number of nitrogens with zero attached hydrogens (tertiary/aromatic N) is 1. The number of rotatable bonds is 8. The third kappa shape index (κ3) is 4.93. The van der Waals surface area contributed by atoms with E-state index < -0.39 is 39.7 Å². The zero-order chi connectivity index (χ0) is 22.9. The van der Waals surface area contributed by atoms with Crippen molar-refractivity contribution in [3.8, 4) is 0 Å². The summed E-state index contributed by atoms with van der Waals surface area (Å²) >= 11 is 0. The van der Waals surface area contributed by atoms with Crippen LogP contribution in [-0.2, 0) is 24.6 Å². The molecule has 4 N–H and O–H groups in total. The number of benzene rings is 1. The van der Waals surface area contributed by atoms with Crippen molar-refractivity contribution >= 4 is 39.3 Å². The van der Waals surface area contributed by atoms with Gasteiger partial charge in [-0.15, -0.1) is 0 Å². The molecular weight excluding hydrogens is 431 g/mol. The van der Waals surface area contributed by atoms with Crippen LogP contribution in [0.3, 0.4) is 0 Å². The monoisotopic (exact) mass is 451 g/mol. The number of nitrogens with one attached hydrogen (secondary N) is 4. The third-order valence-electron chi connectivity index (χ3n) is 4.39. The molecule has 30 heavy (non-hydrogen) atoms. The van der Waals surface area contributed by atoms with Crippen LogP contribution in [0.1, 0.15) is 20.3 Å². The maximum Gasteiger partial charge on any atom is 0.472 e. The van der Waals surface area contributed by atoms with Gasteiger partial charge in [-0.1, -0.05) is 6.92 Å². The Hall–Kier alpha value is -3.03. The van der Waals surface area contributed by atoms with Gasteiger partial charge < -0.3 is 5.32 Å². The van der Waals surface area contributed by atoms with Gasteiger partial charge in [0.05, 0.1) is 11.4 Å². The van der Waals surface area contributed by atoms with Gasteiger partial charge in [0.2, 0.25) is 5.91 Å². The molecule has 1 heterocycles. The highest BCUT2D eigenvalue weighted by Crippen LogP contribution is 2.42. The van der Waals surface area contributed by atoms with Crippen LogP contribution in [0.25, 0.3) is 0 Å². The SMILES string of the molecule is CNC(=O)C(C)CC1(C)C(=O)N1S(=O)(=O)Nc1ccc(NNC(=O)C(F)(F)F)cc1. The average molecular weight is 451 g/mol. The Morgan fingerprint density at radius 1 is 1.17 bits per heavy atom. The van der Waals surface area contributed by atoms with E-state index in [2.05, 4.69) is 10.0 Å². The number of carbonyl (C=O) groups excluding carboxylic acids is 3. The molecule has 0 spiro atoms. The lowest BCUT2D eigenvalue weighted by Crippen LogP contribution is -2.40. The van der Waals surface area contributed by atoms with Crippen molar-refractivity contribution in [2.24, 2.45) is 5.92 Å². The summed E-state index contributed by atoms with van der Waals surface area (Å²) in [6, 6.07) is 4.87. The standard InChI is InChI=1S/C16H20F3N5O5S/c1-9(12(25)20-3)8-15(2)14(27)24(15)30(28,29)23-11-6-4-10(5-7-11)21-22-13(26)16(17,18)19/h4-7,9,21,23H,8H2,1-3H3,(H,20,25)(H,22,26). The van der Waals surface area contributed by atoms with Crippen molar-refractivity contribution < 1.29 is 36.0 Å². The summed E-state index contributed by atoms with van der Waals surface area (Å²) in [5.74, 6) is -3.79. The van der Waals surface area contributed by atoms with E-state index in [0.29, 0.717) is 4.31 Å². The topological polar surface area (TPSA) is 136 Å². The minimum atomic E-state index is -5.06. The van der Waals surface area contributed by atoms with E-state index in [9.17, 15) is 36.0 Å².